The van der Waals surface area contributed by atoms with E-state index in [1.165, 1.54) is 12.1 Å². The summed E-state index contributed by atoms with van der Waals surface area (Å²) in [4.78, 5) is 17.6. The standard InChI is InChI=1S/C20H27F3N2O/c1-2-24-11-8-18(9-12-24)25-10-4-6-16(14-25)19(26)15-5-3-7-17(13-15)20(21,22)23/h3,5,7,13,16,18H,2,4,6,8-12,14H2,1H3. The number of nitrogens with zero attached hydrogens (tertiary/aromatic N) is 2. The highest BCUT2D eigenvalue weighted by atomic mass is 19.4. The zero-order valence-electron chi connectivity index (χ0n) is 15.3. The number of rotatable bonds is 4. The van der Waals surface area contributed by atoms with Crippen molar-refractivity contribution >= 4 is 5.78 Å². The zero-order valence-corrected chi connectivity index (χ0v) is 15.3. The van der Waals surface area contributed by atoms with E-state index in [9.17, 15) is 18.0 Å². The van der Waals surface area contributed by atoms with Crippen LogP contribution in [0.5, 0.6) is 0 Å². The topological polar surface area (TPSA) is 23.6 Å². The molecule has 0 radical (unpaired) electrons. The van der Waals surface area contributed by atoms with Crippen molar-refractivity contribution in [1.82, 2.24) is 9.80 Å². The Kier molecular flexibility index (Phi) is 6.03. The van der Waals surface area contributed by atoms with E-state index in [4.69, 9.17) is 0 Å². The molecule has 1 aromatic carbocycles. The number of alkyl halides is 3. The van der Waals surface area contributed by atoms with Crippen LogP contribution in [0.25, 0.3) is 0 Å². The molecule has 1 unspecified atom stereocenters. The van der Waals surface area contributed by atoms with Crippen molar-refractivity contribution in [3.05, 3.63) is 35.4 Å². The number of ketones is 1. The monoisotopic (exact) mass is 368 g/mol. The molecule has 2 aliphatic rings. The molecule has 0 aromatic heterocycles. The summed E-state index contributed by atoms with van der Waals surface area (Å²) >= 11 is 0. The number of benzene rings is 1. The predicted octanol–water partition coefficient (Wildman–Crippen LogP) is 4.08. The summed E-state index contributed by atoms with van der Waals surface area (Å²) < 4.78 is 38.7. The maximum absolute atomic E-state index is 12.9. The van der Waals surface area contributed by atoms with Crippen molar-refractivity contribution in [2.75, 3.05) is 32.7 Å². The fourth-order valence-corrected chi connectivity index (χ4v) is 4.24. The molecule has 1 aromatic rings. The molecular formula is C20H27F3N2O. The van der Waals surface area contributed by atoms with Gasteiger partial charge in [0.25, 0.3) is 0 Å². The molecule has 1 atom stereocenters. The summed E-state index contributed by atoms with van der Waals surface area (Å²) in [6, 6.07) is 5.36. The summed E-state index contributed by atoms with van der Waals surface area (Å²) in [5, 5.41) is 0. The summed E-state index contributed by atoms with van der Waals surface area (Å²) in [5.74, 6) is -0.344. The second kappa shape index (κ2) is 8.09. The fraction of sp³-hybridized carbons (Fsp3) is 0.650. The number of halogens is 3. The first-order chi connectivity index (χ1) is 12.4. The van der Waals surface area contributed by atoms with Crippen molar-refractivity contribution in [2.45, 2.75) is 44.8 Å². The van der Waals surface area contributed by atoms with E-state index in [1.54, 1.807) is 0 Å². The van der Waals surface area contributed by atoms with E-state index in [0.29, 0.717) is 12.6 Å². The second-order valence-electron chi connectivity index (χ2n) is 7.44. The third-order valence-electron chi connectivity index (χ3n) is 5.82. The Labute approximate surface area is 153 Å². The van der Waals surface area contributed by atoms with Gasteiger partial charge in [-0.25, -0.2) is 0 Å². The van der Waals surface area contributed by atoms with Crippen LogP contribution in [-0.4, -0.2) is 54.3 Å². The van der Waals surface area contributed by atoms with E-state index >= 15 is 0 Å². The van der Waals surface area contributed by atoms with Gasteiger partial charge in [0.2, 0.25) is 0 Å². The lowest BCUT2D eigenvalue weighted by Gasteiger charge is -2.42. The minimum absolute atomic E-state index is 0.146. The number of hydrogen-bond acceptors (Lipinski definition) is 3. The third kappa shape index (κ3) is 4.46. The molecule has 2 saturated heterocycles. The van der Waals surface area contributed by atoms with E-state index in [2.05, 4.69) is 16.7 Å². The van der Waals surface area contributed by atoms with Gasteiger partial charge in [-0.05, 0) is 64.0 Å². The molecule has 0 spiro atoms. The van der Waals surface area contributed by atoms with Crippen molar-refractivity contribution in [1.29, 1.82) is 0 Å². The van der Waals surface area contributed by atoms with Gasteiger partial charge in [-0.1, -0.05) is 19.1 Å². The van der Waals surface area contributed by atoms with E-state index in [0.717, 1.165) is 64.0 Å². The number of carbonyl (C=O) groups excluding carboxylic acids is 1. The molecule has 3 nitrogen and oxygen atoms in total. The largest absolute Gasteiger partial charge is 0.416 e. The Morgan fingerprint density at radius 1 is 1.15 bits per heavy atom. The summed E-state index contributed by atoms with van der Waals surface area (Å²) in [5.41, 5.74) is -0.560. The van der Waals surface area contributed by atoms with Crippen LogP contribution < -0.4 is 0 Å². The van der Waals surface area contributed by atoms with Crippen LogP contribution in [0.4, 0.5) is 13.2 Å². The molecule has 2 fully saturated rings. The Bertz CT molecular complexity index is 624. The molecule has 0 bridgehead atoms. The Morgan fingerprint density at radius 3 is 2.54 bits per heavy atom. The molecule has 2 aliphatic heterocycles. The van der Waals surface area contributed by atoms with Gasteiger partial charge in [0.1, 0.15) is 0 Å². The fourth-order valence-electron chi connectivity index (χ4n) is 4.24. The lowest BCUT2D eigenvalue weighted by Crippen LogP contribution is -2.49. The van der Waals surface area contributed by atoms with Crippen LogP contribution in [-0.2, 0) is 6.18 Å². The summed E-state index contributed by atoms with van der Waals surface area (Å²) in [7, 11) is 0. The minimum atomic E-state index is -4.41. The zero-order chi connectivity index (χ0) is 18.7. The van der Waals surface area contributed by atoms with Crippen LogP contribution in [0.1, 0.15) is 48.5 Å². The van der Waals surface area contributed by atoms with E-state index < -0.39 is 11.7 Å². The molecule has 0 amide bonds. The molecule has 0 aliphatic carbocycles. The van der Waals surface area contributed by atoms with Crippen LogP contribution >= 0.6 is 0 Å². The molecule has 2 heterocycles. The van der Waals surface area contributed by atoms with Crippen molar-refractivity contribution < 1.29 is 18.0 Å². The first-order valence-electron chi connectivity index (χ1n) is 9.56. The lowest BCUT2D eigenvalue weighted by atomic mass is 9.88. The highest BCUT2D eigenvalue weighted by Crippen LogP contribution is 2.31. The predicted molar refractivity (Wildman–Crippen MR) is 95.2 cm³/mol. The third-order valence-corrected chi connectivity index (χ3v) is 5.82. The quantitative estimate of drug-likeness (QED) is 0.748. The van der Waals surface area contributed by atoms with Gasteiger partial charge in [-0.2, -0.15) is 13.2 Å². The highest BCUT2D eigenvalue weighted by Gasteiger charge is 2.34. The first-order valence-corrected chi connectivity index (χ1v) is 9.56. The van der Waals surface area contributed by atoms with Crippen LogP contribution in [0.15, 0.2) is 24.3 Å². The van der Waals surface area contributed by atoms with Crippen LogP contribution in [0, 0.1) is 5.92 Å². The average Bonchev–Trinajstić information content (AvgIpc) is 2.67. The minimum Gasteiger partial charge on any atom is -0.303 e. The number of hydrogen-bond donors (Lipinski definition) is 0. The highest BCUT2D eigenvalue weighted by molar-refractivity contribution is 5.98. The molecule has 0 saturated carbocycles. The van der Waals surface area contributed by atoms with Crippen LogP contribution in [0.2, 0.25) is 0 Å². The Hall–Kier alpha value is -1.40. The van der Waals surface area contributed by atoms with Crippen molar-refractivity contribution in [3.63, 3.8) is 0 Å². The van der Waals surface area contributed by atoms with Gasteiger partial charge >= 0.3 is 6.18 Å². The average molecular weight is 368 g/mol. The SMILES string of the molecule is CCN1CCC(N2CCCC(C(=O)c3cccc(C(F)(F)F)c3)C2)CC1. The van der Waals surface area contributed by atoms with Gasteiger partial charge in [0.05, 0.1) is 5.56 Å². The van der Waals surface area contributed by atoms with Gasteiger partial charge in [-0.3, -0.25) is 9.69 Å². The number of carbonyl (C=O) groups is 1. The Morgan fingerprint density at radius 2 is 1.88 bits per heavy atom. The van der Waals surface area contributed by atoms with Gasteiger partial charge in [0.15, 0.2) is 5.78 Å². The molecule has 3 rings (SSSR count). The van der Waals surface area contributed by atoms with Gasteiger partial charge < -0.3 is 4.90 Å². The van der Waals surface area contributed by atoms with E-state index in [1.807, 2.05) is 0 Å². The molecule has 26 heavy (non-hydrogen) atoms. The maximum atomic E-state index is 12.9. The van der Waals surface area contributed by atoms with Gasteiger partial charge in [0, 0.05) is 24.1 Å². The Balaban J connectivity index is 1.65. The van der Waals surface area contributed by atoms with Crippen molar-refractivity contribution in [2.24, 2.45) is 5.92 Å². The normalized spacial score (nSPS) is 23.9. The first kappa shape index (κ1) is 19.4. The molecule has 144 valence electrons. The number of piperidine rings is 2. The number of likely N-dealkylation sites (tertiary alicyclic amines) is 2. The van der Waals surface area contributed by atoms with Crippen LogP contribution in [0.3, 0.4) is 0 Å². The van der Waals surface area contributed by atoms with Gasteiger partial charge in [-0.15, -0.1) is 0 Å². The van der Waals surface area contributed by atoms with Crippen molar-refractivity contribution in [3.8, 4) is 0 Å². The molecule has 0 N–H and O–H groups in total. The summed E-state index contributed by atoms with van der Waals surface area (Å²) in [6.07, 6.45) is -0.499. The second-order valence-corrected chi connectivity index (χ2v) is 7.44. The summed E-state index contributed by atoms with van der Waals surface area (Å²) in [6.45, 7) is 7.08. The van der Waals surface area contributed by atoms with E-state index in [-0.39, 0.29) is 17.3 Å². The lowest BCUT2D eigenvalue weighted by molar-refractivity contribution is -0.137. The molecule has 6 heteroatoms. The molecular weight excluding hydrogens is 341 g/mol. The maximum Gasteiger partial charge on any atom is 0.416 e. The smallest absolute Gasteiger partial charge is 0.303 e. The number of Topliss-reactive ketones (excluding diaryl/α,β-unsaturated/α-hetero) is 1.